The molecule has 0 unspecified atom stereocenters. The van der Waals surface area contributed by atoms with Gasteiger partial charge in [-0.05, 0) is 154 Å². The van der Waals surface area contributed by atoms with Gasteiger partial charge in [0, 0.05) is 29.6 Å². The molecular formula is C94H126F2N2O12. The van der Waals surface area contributed by atoms with E-state index < -0.39 is 35.5 Å². The van der Waals surface area contributed by atoms with Crippen molar-refractivity contribution in [3.63, 3.8) is 0 Å². The van der Waals surface area contributed by atoms with Crippen molar-refractivity contribution in [2.75, 3.05) is 26.4 Å². The minimum atomic E-state index is -0.905. The first-order valence-electron chi connectivity index (χ1n) is 42.1. The van der Waals surface area contributed by atoms with E-state index in [-0.39, 0.29) is 56.6 Å². The zero-order chi connectivity index (χ0) is 78.2. The van der Waals surface area contributed by atoms with Crippen molar-refractivity contribution in [1.29, 1.82) is 0 Å². The average Bonchev–Trinajstić information content (AvgIpc) is 0.827. The second kappa shape index (κ2) is 52.5. The van der Waals surface area contributed by atoms with E-state index in [1.54, 1.807) is 24.3 Å². The summed E-state index contributed by atoms with van der Waals surface area (Å²) >= 11 is 0. The van der Waals surface area contributed by atoms with E-state index in [1.807, 2.05) is 13.8 Å². The van der Waals surface area contributed by atoms with Crippen molar-refractivity contribution in [1.82, 2.24) is 9.97 Å². The first-order valence-corrected chi connectivity index (χ1v) is 42.1. The maximum atomic E-state index is 15.5. The number of esters is 4. The molecule has 7 aromatic rings. The number of rotatable bonds is 58. The number of carbonyl (C=O) groups is 4. The number of halogens is 2. The summed E-state index contributed by atoms with van der Waals surface area (Å²) in [6.45, 7) is 14.9. The highest BCUT2D eigenvalue weighted by molar-refractivity contribution is 5.94. The zero-order valence-electron chi connectivity index (χ0n) is 67.2. The van der Waals surface area contributed by atoms with Crippen LogP contribution in [0.15, 0.2) is 122 Å². The minimum absolute atomic E-state index is 0.0505. The maximum absolute atomic E-state index is 15.5. The van der Waals surface area contributed by atoms with Gasteiger partial charge >= 0.3 is 23.9 Å². The summed E-state index contributed by atoms with van der Waals surface area (Å²) in [5, 5.41) is 0. The van der Waals surface area contributed by atoms with Gasteiger partial charge in [-0.2, -0.15) is 0 Å². The van der Waals surface area contributed by atoms with E-state index in [1.165, 1.54) is 284 Å². The second-order valence-corrected chi connectivity index (χ2v) is 29.5. The number of hydrogen-bond donors (Lipinski definition) is 0. The molecule has 2 aromatic heterocycles. The Hall–Kier alpha value is -8.66. The monoisotopic (exact) mass is 1510 g/mol. The molecule has 0 saturated heterocycles. The Morgan fingerprint density at radius 2 is 0.527 bits per heavy atom. The van der Waals surface area contributed by atoms with Gasteiger partial charge in [0.25, 0.3) is 0 Å². The topological polar surface area (TPSA) is 168 Å². The Kier molecular flexibility index (Phi) is 42.3. The number of benzene rings is 5. The van der Waals surface area contributed by atoms with Crippen LogP contribution >= 0.6 is 0 Å². The van der Waals surface area contributed by atoms with Gasteiger partial charge < -0.3 is 37.9 Å². The number of hydrogen-bond acceptors (Lipinski definition) is 14. The minimum Gasteiger partial charge on any atom is -0.490 e. The number of aromatic nitrogens is 2. The molecule has 7 rings (SSSR count). The summed E-state index contributed by atoms with van der Waals surface area (Å²) in [5.74, 6) is -1.38. The van der Waals surface area contributed by atoms with Gasteiger partial charge in [-0.3, -0.25) is 9.97 Å². The first kappa shape index (κ1) is 88.6. The summed E-state index contributed by atoms with van der Waals surface area (Å²) in [6.07, 6.45) is 51.2. The lowest BCUT2D eigenvalue weighted by atomic mass is 10.0. The highest BCUT2D eigenvalue weighted by atomic mass is 19.1. The average molecular weight is 1510 g/mol. The third-order valence-corrected chi connectivity index (χ3v) is 20.0. The van der Waals surface area contributed by atoms with Crippen LogP contribution in [0.1, 0.15) is 337 Å². The van der Waals surface area contributed by atoms with Crippen molar-refractivity contribution < 1.29 is 65.9 Å². The molecule has 110 heavy (non-hydrogen) atoms. The normalized spacial score (nSPS) is 11.2. The fourth-order valence-electron chi connectivity index (χ4n) is 13.5. The fraction of sp³-hybridized carbons (Fsp3) is 0.532. The van der Waals surface area contributed by atoms with Crippen molar-refractivity contribution in [2.24, 2.45) is 0 Å². The van der Waals surface area contributed by atoms with Crippen molar-refractivity contribution in [2.45, 2.75) is 298 Å². The number of nitrogens with zero attached hydrogens (tertiary/aromatic N) is 2. The molecule has 2 heterocycles. The molecule has 0 N–H and O–H groups in total. The largest absolute Gasteiger partial charge is 0.490 e. The molecule has 598 valence electrons. The molecule has 0 aliphatic heterocycles. The van der Waals surface area contributed by atoms with E-state index >= 15 is 8.78 Å². The second-order valence-electron chi connectivity index (χ2n) is 29.5. The van der Waals surface area contributed by atoms with Gasteiger partial charge in [0.15, 0.2) is 23.0 Å². The smallest absolute Gasteiger partial charge is 0.345 e. The van der Waals surface area contributed by atoms with Crippen LogP contribution in [0, 0.1) is 25.5 Å². The van der Waals surface area contributed by atoms with E-state index in [4.69, 9.17) is 37.9 Å². The predicted octanol–water partition coefficient (Wildman–Crippen LogP) is 26.8. The SMILES string of the molecule is CCCCCCCCCCCCOc1cc(C(=O)Oc2ccc(OC(=O)c3ccc(-c4cc(-c5ccc(C(=O)Oc6ccc(OC(=O)c7cc(C)c(OCCCCCCCCCCCC)c(OCCCCCCCCCCCC)c7)cc6)cn5)c(F)cc4F)nc3)cc2)cc(C)c1OCCCCCCCCCCCC. The van der Waals surface area contributed by atoms with Gasteiger partial charge in [-0.15, -0.1) is 0 Å². The summed E-state index contributed by atoms with van der Waals surface area (Å²) in [6, 6.07) is 26.6. The van der Waals surface area contributed by atoms with Crippen LogP contribution in [-0.4, -0.2) is 60.3 Å². The Bertz CT molecular complexity index is 3550. The molecule has 0 atom stereocenters. The number of pyridine rings is 2. The van der Waals surface area contributed by atoms with Crippen LogP contribution in [0.3, 0.4) is 0 Å². The summed E-state index contributed by atoms with van der Waals surface area (Å²) in [4.78, 5) is 62.9. The van der Waals surface area contributed by atoms with E-state index in [9.17, 15) is 19.2 Å². The fourth-order valence-corrected chi connectivity index (χ4v) is 13.5. The molecule has 0 spiro atoms. The molecule has 0 amide bonds. The highest BCUT2D eigenvalue weighted by Gasteiger charge is 2.23. The van der Waals surface area contributed by atoms with Crippen LogP contribution in [-0.2, 0) is 0 Å². The van der Waals surface area contributed by atoms with Gasteiger partial charge in [-0.25, -0.2) is 28.0 Å². The van der Waals surface area contributed by atoms with E-state index in [0.717, 1.165) is 81.4 Å². The van der Waals surface area contributed by atoms with Crippen LogP contribution in [0.5, 0.6) is 46.0 Å². The lowest BCUT2D eigenvalue weighted by molar-refractivity contribution is 0.0719. The predicted molar refractivity (Wildman–Crippen MR) is 437 cm³/mol. The third kappa shape index (κ3) is 32.7. The van der Waals surface area contributed by atoms with E-state index in [2.05, 4.69) is 37.7 Å². The number of ether oxygens (including phenoxy) is 8. The molecule has 0 radical (unpaired) electrons. The molecule has 0 fully saturated rings. The number of unbranched alkanes of at least 4 members (excludes halogenated alkanes) is 36. The molecule has 14 nitrogen and oxygen atoms in total. The molecule has 5 aromatic carbocycles. The van der Waals surface area contributed by atoms with Crippen LogP contribution in [0.2, 0.25) is 0 Å². The zero-order valence-corrected chi connectivity index (χ0v) is 67.2. The standard InChI is InChI=1S/C94H126F2N2O12/c1-7-11-15-19-23-27-31-35-39-43-59-103-87-65-75(63-71(5)89(87)105-61-45-41-37-33-29-25-21-17-13-9-3)93(101)109-79-53-49-77(50-54-79)107-91(99)73-47-57-85(97-69-73)81-67-82(84(96)68-83(81)95)86-58-48-74(70-98-86)92(100)108-78-51-55-80(56-52-78)110-94(102)76-64-72(6)90(106-62-46-42-38-34-30-26-22-18-14-10-4)88(66-76)104-60-44-40-36-32-28-24-20-16-12-8-2/h47-58,63-70H,7-46,59-62H2,1-6H3. The molecule has 0 aliphatic rings. The Labute approximate surface area is 656 Å². The number of carbonyl (C=O) groups excluding carboxylic acids is 4. The Morgan fingerprint density at radius 3 is 0.782 bits per heavy atom. The van der Waals surface area contributed by atoms with Gasteiger partial charge in [0.1, 0.15) is 34.6 Å². The summed E-state index contributed by atoms with van der Waals surface area (Å²) < 4.78 is 79.4. The van der Waals surface area contributed by atoms with Crippen molar-refractivity contribution in [3.05, 3.63) is 167 Å². The number of aryl methyl sites for hydroxylation is 2. The summed E-state index contributed by atoms with van der Waals surface area (Å²) in [7, 11) is 0. The molecule has 0 saturated carbocycles. The highest BCUT2D eigenvalue weighted by Crippen LogP contribution is 2.37. The van der Waals surface area contributed by atoms with Gasteiger partial charge in [0.2, 0.25) is 0 Å². The quantitative estimate of drug-likeness (QED) is 0.0201. The summed E-state index contributed by atoms with van der Waals surface area (Å²) in [5.41, 5.74) is 2.33. The molecule has 0 aliphatic carbocycles. The Morgan fingerprint density at radius 1 is 0.282 bits per heavy atom. The molecular weight excluding hydrogens is 1390 g/mol. The van der Waals surface area contributed by atoms with Gasteiger partial charge in [-0.1, -0.05) is 259 Å². The third-order valence-electron chi connectivity index (χ3n) is 20.0. The van der Waals surface area contributed by atoms with Crippen molar-refractivity contribution >= 4 is 23.9 Å². The van der Waals surface area contributed by atoms with E-state index in [0.29, 0.717) is 60.6 Å². The molecule has 16 heteroatoms. The lowest BCUT2D eigenvalue weighted by Gasteiger charge is -2.17. The lowest BCUT2D eigenvalue weighted by Crippen LogP contribution is -2.11. The van der Waals surface area contributed by atoms with Crippen LogP contribution in [0.4, 0.5) is 8.78 Å². The van der Waals surface area contributed by atoms with Crippen LogP contribution in [0.25, 0.3) is 22.5 Å². The first-order chi connectivity index (χ1) is 53.8. The van der Waals surface area contributed by atoms with Gasteiger partial charge in [0.05, 0.1) is 60.1 Å². The van der Waals surface area contributed by atoms with Crippen LogP contribution < -0.4 is 37.9 Å². The van der Waals surface area contributed by atoms with Crippen molar-refractivity contribution in [3.8, 4) is 68.5 Å². The maximum Gasteiger partial charge on any atom is 0.345 e. The molecule has 0 bridgehead atoms. The Balaban J connectivity index is 0.891.